The van der Waals surface area contributed by atoms with Crippen molar-refractivity contribution in [2.24, 2.45) is 0 Å². The molecule has 8 heteroatoms. The summed E-state index contributed by atoms with van der Waals surface area (Å²) in [4.78, 5) is 31.5. The first kappa shape index (κ1) is 20.5. The van der Waals surface area contributed by atoms with Crippen molar-refractivity contribution in [3.63, 3.8) is 0 Å². The normalized spacial score (nSPS) is 10.0. The van der Waals surface area contributed by atoms with Gasteiger partial charge in [0.2, 0.25) is 11.6 Å². The van der Waals surface area contributed by atoms with Crippen LogP contribution >= 0.6 is 0 Å². The first-order valence-electron chi connectivity index (χ1n) is 8.76. The van der Waals surface area contributed by atoms with Crippen molar-refractivity contribution >= 4 is 17.6 Å². The summed E-state index contributed by atoms with van der Waals surface area (Å²) in [5.74, 6) is -1.08. The SMILES string of the molecule is [C-]#[N+]c1cnc(Oc2ccc(F)cc2)c(C(=O)NCc2ccc(C(=O)OC)cc2)c1. The van der Waals surface area contributed by atoms with Crippen molar-refractivity contribution in [1.82, 2.24) is 10.3 Å². The van der Waals surface area contributed by atoms with Crippen molar-refractivity contribution in [3.8, 4) is 11.6 Å². The first-order chi connectivity index (χ1) is 14.5. The monoisotopic (exact) mass is 405 g/mol. The minimum absolute atomic E-state index is 0.00690. The lowest BCUT2D eigenvalue weighted by Crippen LogP contribution is -2.23. The van der Waals surface area contributed by atoms with Crippen LogP contribution < -0.4 is 10.1 Å². The van der Waals surface area contributed by atoms with Crippen LogP contribution in [0.15, 0.2) is 60.8 Å². The number of carbonyl (C=O) groups is 2. The highest BCUT2D eigenvalue weighted by molar-refractivity contribution is 5.97. The van der Waals surface area contributed by atoms with Gasteiger partial charge in [-0.05, 0) is 48.0 Å². The number of halogens is 1. The van der Waals surface area contributed by atoms with Crippen molar-refractivity contribution in [1.29, 1.82) is 0 Å². The molecule has 7 nitrogen and oxygen atoms in total. The summed E-state index contributed by atoms with van der Waals surface area (Å²) in [6, 6.07) is 13.2. The number of amides is 1. The van der Waals surface area contributed by atoms with E-state index in [4.69, 9.17) is 11.3 Å². The molecule has 0 atom stereocenters. The molecule has 0 unspecified atom stereocenters. The van der Waals surface area contributed by atoms with Crippen LogP contribution in [-0.2, 0) is 11.3 Å². The molecule has 1 amide bonds. The van der Waals surface area contributed by atoms with E-state index in [1.54, 1.807) is 24.3 Å². The number of rotatable bonds is 6. The minimum atomic E-state index is -0.498. The van der Waals surface area contributed by atoms with Crippen LogP contribution in [0, 0.1) is 12.4 Å². The van der Waals surface area contributed by atoms with Gasteiger partial charge in [-0.2, -0.15) is 0 Å². The fourth-order valence-electron chi connectivity index (χ4n) is 2.51. The van der Waals surface area contributed by atoms with Gasteiger partial charge in [0.25, 0.3) is 5.91 Å². The number of hydrogen-bond acceptors (Lipinski definition) is 5. The van der Waals surface area contributed by atoms with E-state index in [9.17, 15) is 14.0 Å². The predicted octanol–water partition coefficient (Wildman–Crippen LogP) is 4.28. The number of ether oxygens (including phenoxy) is 2. The summed E-state index contributed by atoms with van der Waals surface area (Å²) >= 11 is 0. The second-order valence-corrected chi connectivity index (χ2v) is 6.09. The number of nitrogens with one attached hydrogen (secondary N) is 1. The average Bonchev–Trinajstić information content (AvgIpc) is 2.79. The fourth-order valence-corrected chi connectivity index (χ4v) is 2.51. The van der Waals surface area contributed by atoms with Crippen LogP contribution in [0.5, 0.6) is 11.6 Å². The van der Waals surface area contributed by atoms with E-state index < -0.39 is 17.7 Å². The van der Waals surface area contributed by atoms with Gasteiger partial charge in [0.05, 0.1) is 24.8 Å². The number of esters is 1. The van der Waals surface area contributed by atoms with E-state index in [0.29, 0.717) is 11.3 Å². The van der Waals surface area contributed by atoms with Gasteiger partial charge >= 0.3 is 5.97 Å². The minimum Gasteiger partial charge on any atom is -0.465 e. The Morgan fingerprint density at radius 3 is 2.47 bits per heavy atom. The van der Waals surface area contributed by atoms with E-state index >= 15 is 0 Å². The molecule has 0 spiro atoms. The Morgan fingerprint density at radius 2 is 1.83 bits per heavy atom. The summed E-state index contributed by atoms with van der Waals surface area (Å²) < 4.78 is 23.3. The van der Waals surface area contributed by atoms with E-state index in [1.807, 2.05) is 0 Å². The van der Waals surface area contributed by atoms with Crippen LogP contribution in [0.3, 0.4) is 0 Å². The molecule has 2 aromatic carbocycles. The maximum atomic E-state index is 13.1. The van der Waals surface area contributed by atoms with E-state index in [2.05, 4.69) is 19.9 Å². The number of hydrogen-bond donors (Lipinski definition) is 1. The molecule has 3 aromatic rings. The smallest absolute Gasteiger partial charge is 0.337 e. The van der Waals surface area contributed by atoms with Crippen LogP contribution in [0.25, 0.3) is 4.85 Å². The zero-order chi connectivity index (χ0) is 21.5. The highest BCUT2D eigenvalue weighted by Crippen LogP contribution is 2.26. The molecular formula is C22H16FN3O4. The number of carbonyl (C=O) groups excluding carboxylic acids is 2. The van der Waals surface area contributed by atoms with Gasteiger partial charge in [-0.1, -0.05) is 12.1 Å². The molecule has 0 aliphatic rings. The second kappa shape index (κ2) is 9.30. The molecular weight excluding hydrogens is 389 g/mol. The van der Waals surface area contributed by atoms with Gasteiger partial charge in [-0.3, -0.25) is 4.79 Å². The maximum absolute atomic E-state index is 13.1. The van der Waals surface area contributed by atoms with E-state index in [0.717, 1.165) is 5.56 Å². The maximum Gasteiger partial charge on any atom is 0.337 e. The fraction of sp³-hybridized carbons (Fsp3) is 0.0909. The Hall–Kier alpha value is -4.25. The third kappa shape index (κ3) is 4.97. The molecule has 0 aliphatic carbocycles. The largest absolute Gasteiger partial charge is 0.465 e. The third-order valence-corrected chi connectivity index (χ3v) is 4.07. The molecule has 3 rings (SSSR count). The predicted molar refractivity (Wildman–Crippen MR) is 106 cm³/mol. The van der Waals surface area contributed by atoms with Crippen LogP contribution in [-0.4, -0.2) is 24.0 Å². The van der Waals surface area contributed by atoms with Gasteiger partial charge in [0.1, 0.15) is 11.6 Å². The molecule has 1 N–H and O–H groups in total. The van der Waals surface area contributed by atoms with Gasteiger partial charge in [-0.15, -0.1) is 0 Å². The lowest BCUT2D eigenvalue weighted by atomic mass is 10.1. The average molecular weight is 405 g/mol. The standard InChI is InChI=1S/C22H16FN3O4/c1-24-17-11-19(21(26-13-17)30-18-9-7-16(23)8-10-18)20(27)25-12-14-3-5-15(6-4-14)22(28)29-2/h3-11,13H,12H2,2H3,(H,25,27). The van der Waals surface area contributed by atoms with Crippen molar-refractivity contribution < 1.29 is 23.5 Å². The summed E-state index contributed by atoms with van der Waals surface area (Å²) in [5.41, 5.74) is 1.40. The molecule has 0 saturated heterocycles. The zero-order valence-corrected chi connectivity index (χ0v) is 15.9. The van der Waals surface area contributed by atoms with Crippen molar-refractivity contribution in [3.05, 3.63) is 94.7 Å². The highest BCUT2D eigenvalue weighted by atomic mass is 19.1. The molecule has 0 bridgehead atoms. The van der Waals surface area contributed by atoms with E-state index in [1.165, 1.54) is 43.6 Å². The van der Waals surface area contributed by atoms with Crippen LogP contribution in [0.2, 0.25) is 0 Å². The number of benzene rings is 2. The Bertz CT molecular complexity index is 1110. The molecule has 0 aliphatic heterocycles. The molecule has 0 radical (unpaired) electrons. The Balaban J connectivity index is 1.76. The topological polar surface area (TPSA) is 81.9 Å². The Morgan fingerprint density at radius 1 is 1.13 bits per heavy atom. The Kier molecular flexibility index (Phi) is 6.35. The van der Waals surface area contributed by atoms with Gasteiger partial charge in [-0.25, -0.2) is 19.0 Å². The molecule has 1 heterocycles. The van der Waals surface area contributed by atoms with Crippen molar-refractivity contribution in [2.75, 3.05) is 7.11 Å². The zero-order valence-electron chi connectivity index (χ0n) is 15.9. The second-order valence-electron chi connectivity index (χ2n) is 6.09. The Labute approximate surface area is 171 Å². The van der Waals surface area contributed by atoms with Gasteiger partial charge in [0.15, 0.2) is 0 Å². The number of nitrogens with zero attached hydrogens (tertiary/aromatic N) is 2. The van der Waals surface area contributed by atoms with Crippen molar-refractivity contribution in [2.45, 2.75) is 6.54 Å². The summed E-state index contributed by atoms with van der Waals surface area (Å²) in [6.45, 7) is 7.32. The first-order valence-corrected chi connectivity index (χ1v) is 8.76. The molecule has 30 heavy (non-hydrogen) atoms. The number of aromatic nitrogens is 1. The van der Waals surface area contributed by atoms with Gasteiger partial charge in [0, 0.05) is 12.7 Å². The summed E-state index contributed by atoms with van der Waals surface area (Å²) in [6.07, 6.45) is 1.29. The molecule has 1 aromatic heterocycles. The summed E-state index contributed by atoms with van der Waals surface area (Å²) in [5, 5.41) is 2.73. The molecule has 0 fully saturated rings. The molecule has 0 saturated carbocycles. The number of pyridine rings is 1. The van der Waals surface area contributed by atoms with Gasteiger partial charge < -0.3 is 14.8 Å². The summed E-state index contributed by atoms with van der Waals surface area (Å²) in [7, 11) is 1.30. The van der Waals surface area contributed by atoms with Crippen LogP contribution in [0.1, 0.15) is 26.3 Å². The third-order valence-electron chi connectivity index (χ3n) is 4.07. The quantitative estimate of drug-likeness (QED) is 0.489. The molecule has 150 valence electrons. The number of methoxy groups -OCH3 is 1. The highest BCUT2D eigenvalue weighted by Gasteiger charge is 2.16. The lowest BCUT2D eigenvalue weighted by molar-refractivity contribution is 0.0600. The van der Waals surface area contributed by atoms with E-state index in [-0.39, 0.29) is 23.7 Å². The lowest BCUT2D eigenvalue weighted by Gasteiger charge is -2.11. The van der Waals surface area contributed by atoms with Crippen LogP contribution in [0.4, 0.5) is 10.1 Å².